The molecule has 5 nitrogen and oxygen atoms in total. The summed E-state index contributed by atoms with van der Waals surface area (Å²) in [5.41, 5.74) is 10.1. The fourth-order valence-electron chi connectivity index (χ4n) is 0.772. The summed E-state index contributed by atoms with van der Waals surface area (Å²) in [5.74, 6) is -1.31. The van der Waals surface area contributed by atoms with Crippen molar-refractivity contribution in [2.45, 2.75) is 6.42 Å². The predicted octanol–water partition coefficient (Wildman–Crippen LogP) is 0.384. The van der Waals surface area contributed by atoms with Gasteiger partial charge in [0.05, 0.1) is 0 Å². The molecule has 0 aliphatic carbocycles. The molecular formula is C10H16N2O3. The molecule has 0 aromatic heterocycles. The van der Waals surface area contributed by atoms with Crippen molar-refractivity contribution in [3.63, 3.8) is 0 Å². The molecule has 0 unspecified atom stereocenters. The molecule has 0 saturated carbocycles. The van der Waals surface area contributed by atoms with Gasteiger partial charge in [-0.3, -0.25) is 0 Å². The van der Waals surface area contributed by atoms with Crippen LogP contribution in [0.5, 0.6) is 5.75 Å². The number of aromatic carboxylic acids is 1. The maximum atomic E-state index is 10.3. The maximum Gasteiger partial charge on any atom is 0.339 e. The minimum atomic E-state index is -1.11. The van der Waals surface area contributed by atoms with Gasteiger partial charge in [0.2, 0.25) is 0 Å². The van der Waals surface area contributed by atoms with E-state index in [9.17, 15) is 4.79 Å². The quantitative estimate of drug-likeness (QED) is 0.579. The number of aromatic hydroxyl groups is 1. The SMILES string of the molecule is NCCCN.O=C(O)c1ccccc1O. The van der Waals surface area contributed by atoms with Gasteiger partial charge in [0.1, 0.15) is 11.3 Å². The van der Waals surface area contributed by atoms with Gasteiger partial charge in [0.15, 0.2) is 0 Å². The number of rotatable bonds is 3. The van der Waals surface area contributed by atoms with Crippen molar-refractivity contribution in [2.24, 2.45) is 11.5 Å². The van der Waals surface area contributed by atoms with E-state index < -0.39 is 5.97 Å². The fourth-order valence-corrected chi connectivity index (χ4v) is 0.772. The average molecular weight is 212 g/mol. The molecule has 84 valence electrons. The molecular weight excluding hydrogens is 196 g/mol. The zero-order valence-electron chi connectivity index (χ0n) is 8.39. The highest BCUT2D eigenvalue weighted by Gasteiger charge is 2.05. The third-order valence-corrected chi connectivity index (χ3v) is 1.54. The Morgan fingerprint density at radius 1 is 1.20 bits per heavy atom. The lowest BCUT2D eigenvalue weighted by molar-refractivity contribution is 0.0694. The smallest absolute Gasteiger partial charge is 0.339 e. The Kier molecular flexibility index (Phi) is 6.96. The van der Waals surface area contributed by atoms with E-state index in [4.69, 9.17) is 21.7 Å². The van der Waals surface area contributed by atoms with E-state index in [1.54, 1.807) is 12.1 Å². The Hall–Kier alpha value is -1.59. The number of hydrogen-bond donors (Lipinski definition) is 4. The van der Waals surface area contributed by atoms with E-state index in [0.29, 0.717) is 0 Å². The van der Waals surface area contributed by atoms with Gasteiger partial charge in [0, 0.05) is 0 Å². The second-order valence-corrected chi connectivity index (χ2v) is 2.75. The zero-order valence-corrected chi connectivity index (χ0v) is 8.39. The molecule has 0 saturated heterocycles. The summed E-state index contributed by atoms with van der Waals surface area (Å²) in [6, 6.07) is 5.81. The lowest BCUT2D eigenvalue weighted by Gasteiger charge is -1.95. The lowest BCUT2D eigenvalue weighted by Crippen LogP contribution is -2.06. The number of carboxylic acid groups (broad SMARTS) is 1. The molecule has 0 fully saturated rings. The fraction of sp³-hybridized carbons (Fsp3) is 0.300. The topological polar surface area (TPSA) is 110 Å². The highest BCUT2D eigenvalue weighted by atomic mass is 16.4. The molecule has 0 amide bonds. The molecule has 0 spiro atoms. The minimum Gasteiger partial charge on any atom is -0.507 e. The minimum absolute atomic E-state index is 0.0671. The first-order valence-electron chi connectivity index (χ1n) is 4.55. The van der Waals surface area contributed by atoms with Crippen molar-refractivity contribution in [1.29, 1.82) is 0 Å². The predicted molar refractivity (Wildman–Crippen MR) is 57.8 cm³/mol. The molecule has 15 heavy (non-hydrogen) atoms. The van der Waals surface area contributed by atoms with Crippen LogP contribution in [-0.4, -0.2) is 29.3 Å². The second-order valence-electron chi connectivity index (χ2n) is 2.75. The van der Waals surface area contributed by atoms with Gasteiger partial charge in [-0.2, -0.15) is 0 Å². The zero-order chi connectivity index (χ0) is 11.7. The highest BCUT2D eigenvalue weighted by molar-refractivity contribution is 5.90. The van der Waals surface area contributed by atoms with Crippen molar-refractivity contribution < 1.29 is 15.0 Å². The first-order chi connectivity index (χ1) is 7.13. The van der Waals surface area contributed by atoms with Gasteiger partial charge in [-0.1, -0.05) is 12.1 Å². The van der Waals surface area contributed by atoms with E-state index in [-0.39, 0.29) is 11.3 Å². The van der Waals surface area contributed by atoms with Crippen LogP contribution in [0, 0.1) is 0 Å². The molecule has 1 aromatic carbocycles. The summed E-state index contributed by atoms with van der Waals surface area (Å²) in [5, 5.41) is 17.3. The Labute approximate surface area is 88.3 Å². The maximum absolute atomic E-state index is 10.3. The number of hydrogen-bond acceptors (Lipinski definition) is 4. The molecule has 0 atom stereocenters. The number of carbonyl (C=O) groups is 1. The first-order valence-corrected chi connectivity index (χ1v) is 4.55. The van der Waals surface area contributed by atoms with Crippen molar-refractivity contribution >= 4 is 5.97 Å². The van der Waals surface area contributed by atoms with Crippen molar-refractivity contribution in [3.8, 4) is 5.75 Å². The molecule has 0 bridgehead atoms. The molecule has 0 aliphatic heterocycles. The number of phenols is 1. The molecule has 1 rings (SSSR count). The second kappa shape index (κ2) is 7.78. The third-order valence-electron chi connectivity index (χ3n) is 1.54. The van der Waals surface area contributed by atoms with E-state index >= 15 is 0 Å². The Balaban J connectivity index is 0.000000336. The van der Waals surface area contributed by atoms with Crippen LogP contribution in [-0.2, 0) is 0 Å². The normalized spacial score (nSPS) is 8.93. The van der Waals surface area contributed by atoms with Crippen molar-refractivity contribution in [3.05, 3.63) is 29.8 Å². The molecule has 0 heterocycles. The number of carboxylic acids is 1. The summed E-state index contributed by atoms with van der Waals surface area (Å²) in [6.07, 6.45) is 0.944. The Morgan fingerprint density at radius 2 is 1.73 bits per heavy atom. The summed E-state index contributed by atoms with van der Waals surface area (Å²) in [4.78, 5) is 10.3. The van der Waals surface area contributed by atoms with E-state index in [0.717, 1.165) is 19.5 Å². The van der Waals surface area contributed by atoms with Gasteiger partial charge in [0.25, 0.3) is 0 Å². The molecule has 6 N–H and O–H groups in total. The van der Waals surface area contributed by atoms with Crippen molar-refractivity contribution in [2.75, 3.05) is 13.1 Å². The van der Waals surface area contributed by atoms with Crippen LogP contribution in [0.25, 0.3) is 0 Å². The summed E-state index contributed by atoms with van der Waals surface area (Å²) in [7, 11) is 0. The molecule has 5 heteroatoms. The van der Waals surface area contributed by atoms with Crippen molar-refractivity contribution in [1.82, 2.24) is 0 Å². The lowest BCUT2D eigenvalue weighted by atomic mass is 10.2. The van der Waals surface area contributed by atoms with Gasteiger partial charge in [-0.15, -0.1) is 0 Å². The summed E-state index contributed by atoms with van der Waals surface area (Å²) >= 11 is 0. The van der Waals surface area contributed by atoms with E-state index in [2.05, 4.69) is 0 Å². The molecule has 1 aromatic rings. The van der Waals surface area contributed by atoms with Crippen LogP contribution in [0.3, 0.4) is 0 Å². The molecule has 0 aliphatic rings. The van der Waals surface area contributed by atoms with Gasteiger partial charge >= 0.3 is 5.97 Å². The first kappa shape index (κ1) is 13.4. The van der Waals surface area contributed by atoms with Gasteiger partial charge in [-0.05, 0) is 31.6 Å². The Morgan fingerprint density at radius 3 is 2.00 bits per heavy atom. The standard InChI is InChI=1S/C7H6O3.C3H10N2/c8-6-4-2-1-3-5(6)7(9)10;4-2-1-3-5/h1-4,8H,(H,9,10);1-5H2. The van der Waals surface area contributed by atoms with Gasteiger partial charge < -0.3 is 21.7 Å². The Bertz CT molecular complexity index is 300. The number of benzene rings is 1. The van der Waals surface area contributed by atoms with Crippen LogP contribution in [0.15, 0.2) is 24.3 Å². The van der Waals surface area contributed by atoms with Crippen LogP contribution < -0.4 is 11.5 Å². The monoisotopic (exact) mass is 212 g/mol. The van der Waals surface area contributed by atoms with Gasteiger partial charge in [-0.25, -0.2) is 4.79 Å². The summed E-state index contributed by atoms with van der Waals surface area (Å²) < 4.78 is 0. The van der Waals surface area contributed by atoms with Crippen LogP contribution >= 0.6 is 0 Å². The number of nitrogens with two attached hydrogens (primary N) is 2. The largest absolute Gasteiger partial charge is 0.507 e. The van der Waals surface area contributed by atoms with Crippen LogP contribution in [0.4, 0.5) is 0 Å². The van der Waals surface area contributed by atoms with Crippen LogP contribution in [0.2, 0.25) is 0 Å². The van der Waals surface area contributed by atoms with Crippen LogP contribution in [0.1, 0.15) is 16.8 Å². The van der Waals surface area contributed by atoms with E-state index in [1.165, 1.54) is 12.1 Å². The number of para-hydroxylation sites is 1. The highest BCUT2D eigenvalue weighted by Crippen LogP contribution is 2.14. The van der Waals surface area contributed by atoms with E-state index in [1.807, 2.05) is 0 Å². The third kappa shape index (κ3) is 5.66. The molecule has 0 radical (unpaired) electrons. The summed E-state index contributed by atoms with van der Waals surface area (Å²) in [6.45, 7) is 1.44. The average Bonchev–Trinajstić information content (AvgIpc) is 2.20.